The fourth-order valence-corrected chi connectivity index (χ4v) is 14.1. The first-order valence-corrected chi connectivity index (χ1v) is 26.4. The van der Waals surface area contributed by atoms with Gasteiger partial charge in [0.15, 0.2) is 0 Å². The van der Waals surface area contributed by atoms with Crippen molar-refractivity contribution in [1.29, 1.82) is 0 Å². The van der Waals surface area contributed by atoms with E-state index in [1.165, 1.54) is 103 Å². The number of anilines is 2. The van der Waals surface area contributed by atoms with E-state index in [2.05, 4.69) is 209 Å². The van der Waals surface area contributed by atoms with Crippen molar-refractivity contribution >= 4 is 116 Å². The molecule has 348 valence electrons. The van der Waals surface area contributed by atoms with E-state index in [1.54, 1.807) is 0 Å². The van der Waals surface area contributed by atoms with Crippen LogP contribution in [-0.2, 0) is 27.1 Å². The Balaban J connectivity index is 1.22. The molecule has 14 rings (SSSR count). The summed E-state index contributed by atoms with van der Waals surface area (Å²) in [5.74, 6) is 0. The molecule has 0 saturated heterocycles. The summed E-state index contributed by atoms with van der Waals surface area (Å²) in [6, 6.07) is 42.5. The maximum atomic E-state index is 7.72. The lowest BCUT2D eigenvalue weighted by atomic mass is 9.46. The van der Waals surface area contributed by atoms with Crippen molar-refractivity contribution in [1.82, 2.24) is 4.57 Å². The highest BCUT2D eigenvalue weighted by Crippen LogP contribution is 2.55. The highest BCUT2D eigenvalue weighted by atomic mass is 32.1. The number of furan rings is 2. The monoisotopic (exact) mass is 932 g/mol. The van der Waals surface area contributed by atoms with E-state index < -0.39 is 0 Å². The van der Waals surface area contributed by atoms with Gasteiger partial charge in [0.1, 0.15) is 22.4 Å². The van der Waals surface area contributed by atoms with Gasteiger partial charge < -0.3 is 18.2 Å². The van der Waals surface area contributed by atoms with E-state index in [-0.39, 0.29) is 33.9 Å². The standard InChI is InChI=1S/C64H61BN2O2S/c1-60(2,3)34-18-22-37(23-19-34)67-47-31-40-38-24-20-36(62(7,8)9)29-50(38)70-51(40)32-42(47)52-53-39-16-14-15-17-48(39)68-58(53)54-41-28-35(61(4,5)6)21-25-46(41)66-56-43-30-44-45(64(12,13)27-26-63(44,10)11)33-49(43)69-59(56)65(67)55(52)57(54)66/h14-25,28-33H,26-27H2,1-13H3. The second kappa shape index (κ2) is 13.4. The maximum absolute atomic E-state index is 7.72. The third kappa shape index (κ3) is 5.60. The van der Waals surface area contributed by atoms with Crippen molar-refractivity contribution in [3.63, 3.8) is 0 Å². The maximum Gasteiger partial charge on any atom is 0.376 e. The van der Waals surface area contributed by atoms with Gasteiger partial charge in [-0.25, -0.2) is 0 Å². The number of thiophene rings is 1. The summed E-state index contributed by atoms with van der Waals surface area (Å²) in [4.78, 5) is 2.65. The van der Waals surface area contributed by atoms with Crippen LogP contribution in [0.1, 0.15) is 131 Å². The molecule has 0 N–H and O–H groups in total. The molecule has 0 radical (unpaired) electrons. The van der Waals surface area contributed by atoms with E-state index in [0.717, 1.165) is 52.0 Å². The number of rotatable bonds is 1. The van der Waals surface area contributed by atoms with Crippen LogP contribution >= 0.6 is 11.3 Å². The van der Waals surface area contributed by atoms with Crippen LogP contribution < -0.4 is 15.9 Å². The minimum absolute atomic E-state index is 0.00294. The zero-order valence-corrected chi connectivity index (χ0v) is 43.8. The Labute approximate surface area is 415 Å². The molecule has 0 unspecified atom stereocenters. The number of benzene rings is 7. The highest BCUT2D eigenvalue weighted by Gasteiger charge is 2.50. The van der Waals surface area contributed by atoms with Crippen LogP contribution in [0.2, 0.25) is 0 Å². The zero-order chi connectivity index (χ0) is 48.5. The Bertz CT molecular complexity index is 4130. The van der Waals surface area contributed by atoms with Crippen LogP contribution in [0.3, 0.4) is 0 Å². The predicted molar refractivity (Wildman–Crippen MR) is 301 cm³/mol. The molecule has 4 nitrogen and oxygen atoms in total. The fourth-order valence-electron chi connectivity index (χ4n) is 12.9. The highest BCUT2D eigenvalue weighted by molar-refractivity contribution is 7.25. The molecule has 1 aliphatic carbocycles. The Morgan fingerprint density at radius 1 is 0.557 bits per heavy atom. The molecule has 0 amide bonds. The van der Waals surface area contributed by atoms with Crippen molar-refractivity contribution in [2.24, 2.45) is 0 Å². The Morgan fingerprint density at radius 3 is 1.91 bits per heavy atom. The molecule has 4 aromatic heterocycles. The summed E-state index contributed by atoms with van der Waals surface area (Å²) in [5.41, 5.74) is 20.3. The topological polar surface area (TPSA) is 34.5 Å². The summed E-state index contributed by atoms with van der Waals surface area (Å²) >= 11 is 1.92. The number of fused-ring (bicyclic) bond motifs is 19. The molecular weight excluding hydrogens is 872 g/mol. The van der Waals surface area contributed by atoms with Gasteiger partial charge in [0, 0.05) is 58.7 Å². The van der Waals surface area contributed by atoms with Gasteiger partial charge in [-0.3, -0.25) is 0 Å². The smallest absolute Gasteiger partial charge is 0.376 e. The summed E-state index contributed by atoms with van der Waals surface area (Å²) in [6.07, 6.45) is 2.28. The second-order valence-electron chi connectivity index (χ2n) is 25.6. The van der Waals surface area contributed by atoms with Gasteiger partial charge >= 0.3 is 6.85 Å². The molecule has 0 bridgehead atoms. The molecule has 7 aromatic carbocycles. The minimum atomic E-state index is -0.294. The van der Waals surface area contributed by atoms with Gasteiger partial charge in [-0.05, 0) is 139 Å². The number of hydrogen-bond acceptors (Lipinski definition) is 4. The lowest BCUT2D eigenvalue weighted by Gasteiger charge is -2.41. The lowest BCUT2D eigenvalue weighted by Crippen LogP contribution is -2.60. The van der Waals surface area contributed by atoms with Gasteiger partial charge in [0.25, 0.3) is 0 Å². The zero-order valence-electron chi connectivity index (χ0n) is 43.0. The molecule has 0 saturated carbocycles. The molecule has 0 spiro atoms. The van der Waals surface area contributed by atoms with E-state index in [9.17, 15) is 0 Å². The largest absolute Gasteiger partial charge is 0.466 e. The number of para-hydroxylation sites is 1. The second-order valence-corrected chi connectivity index (χ2v) is 26.7. The van der Waals surface area contributed by atoms with Crippen LogP contribution in [0.5, 0.6) is 0 Å². The number of aromatic nitrogens is 1. The van der Waals surface area contributed by atoms with Crippen molar-refractivity contribution < 1.29 is 8.83 Å². The van der Waals surface area contributed by atoms with Crippen molar-refractivity contribution in [3.8, 4) is 16.8 Å². The van der Waals surface area contributed by atoms with Crippen LogP contribution in [0.15, 0.2) is 118 Å². The first-order valence-electron chi connectivity index (χ1n) is 25.6. The van der Waals surface area contributed by atoms with E-state index in [4.69, 9.17) is 8.83 Å². The molecule has 0 fully saturated rings. The third-order valence-corrected chi connectivity index (χ3v) is 18.2. The summed E-state index contributed by atoms with van der Waals surface area (Å²) < 4.78 is 20.3. The van der Waals surface area contributed by atoms with E-state index >= 15 is 0 Å². The first kappa shape index (κ1) is 42.6. The lowest BCUT2D eigenvalue weighted by molar-refractivity contribution is 0.332. The van der Waals surface area contributed by atoms with Crippen LogP contribution in [-0.4, -0.2) is 11.4 Å². The summed E-state index contributed by atoms with van der Waals surface area (Å²) in [5, 5.41) is 8.49. The summed E-state index contributed by atoms with van der Waals surface area (Å²) in [6.45, 7) is 30.3. The Hall–Kier alpha value is -6.24. The summed E-state index contributed by atoms with van der Waals surface area (Å²) in [7, 11) is 0. The van der Waals surface area contributed by atoms with Crippen LogP contribution in [0.25, 0.3) is 91.7 Å². The van der Waals surface area contributed by atoms with Crippen molar-refractivity contribution in [2.75, 3.05) is 4.81 Å². The molecule has 6 heterocycles. The van der Waals surface area contributed by atoms with Crippen LogP contribution in [0, 0.1) is 0 Å². The molecule has 6 heteroatoms. The number of nitrogens with zero attached hydrogens (tertiary/aromatic N) is 2. The minimum Gasteiger partial charge on any atom is -0.466 e. The first-order chi connectivity index (χ1) is 33.1. The quantitative estimate of drug-likeness (QED) is 0.154. The molecule has 2 aliphatic heterocycles. The average Bonchev–Trinajstić information content (AvgIpc) is 4.06. The van der Waals surface area contributed by atoms with Gasteiger partial charge in [-0.1, -0.05) is 139 Å². The van der Waals surface area contributed by atoms with Gasteiger partial charge in [0.2, 0.25) is 0 Å². The SMILES string of the molecule is CC(C)(C)c1ccc(N2B3c4oc5cc6c(cc5c4-n4c5ccc(C(C)(C)C)cc5c5c7oc8ccccc8c7c(c3c54)-c3cc4sc5cc(C(C)(C)C)ccc5c4cc32)C(C)(C)CCC6(C)C)cc1. The molecule has 11 aromatic rings. The fraction of sp³-hybridized carbons (Fsp3) is 0.312. The molecule has 0 atom stereocenters. The third-order valence-electron chi connectivity index (χ3n) is 17.1. The van der Waals surface area contributed by atoms with Crippen LogP contribution in [0.4, 0.5) is 11.4 Å². The van der Waals surface area contributed by atoms with E-state index in [1.807, 2.05) is 11.3 Å². The molecule has 70 heavy (non-hydrogen) atoms. The average molecular weight is 933 g/mol. The van der Waals surface area contributed by atoms with Gasteiger partial charge in [-0.15, -0.1) is 11.3 Å². The van der Waals surface area contributed by atoms with Crippen molar-refractivity contribution in [3.05, 3.63) is 137 Å². The van der Waals surface area contributed by atoms with Crippen molar-refractivity contribution in [2.45, 2.75) is 130 Å². The van der Waals surface area contributed by atoms with E-state index in [0.29, 0.717) is 0 Å². The Kier molecular flexibility index (Phi) is 8.15. The van der Waals surface area contributed by atoms with Gasteiger partial charge in [-0.2, -0.15) is 0 Å². The normalized spacial score (nSPS) is 16.4. The predicted octanol–water partition coefficient (Wildman–Crippen LogP) is 17.3. The molecule has 3 aliphatic rings. The molecular formula is C64H61BN2O2S. The van der Waals surface area contributed by atoms with Gasteiger partial charge in [0.05, 0.1) is 22.1 Å². The Morgan fingerprint density at radius 2 is 1.20 bits per heavy atom. The number of hydrogen-bond donors (Lipinski definition) is 0.